The lowest BCUT2D eigenvalue weighted by atomic mass is 10.1. The number of hydrogen-bond acceptors (Lipinski definition) is 4. The highest BCUT2D eigenvalue weighted by Gasteiger charge is 2.18. The average Bonchev–Trinajstić information content (AvgIpc) is 2.45. The molecule has 0 saturated heterocycles. The molecule has 0 aliphatic carbocycles. The molecule has 7 heteroatoms. The number of amides is 1. The summed E-state index contributed by atoms with van der Waals surface area (Å²) in [4.78, 5) is 22.6. The quantitative estimate of drug-likeness (QED) is 0.748. The van der Waals surface area contributed by atoms with E-state index in [0.29, 0.717) is 12.1 Å². The summed E-state index contributed by atoms with van der Waals surface area (Å²) in [6, 6.07) is 6.25. The largest absolute Gasteiger partial charge is 0.481 e. The number of hydrogen-bond donors (Lipinski definition) is 2. The zero-order valence-corrected chi connectivity index (χ0v) is 14.4. The summed E-state index contributed by atoms with van der Waals surface area (Å²) in [6.45, 7) is 5.29. The van der Waals surface area contributed by atoms with E-state index in [1.54, 1.807) is 32.9 Å². The van der Waals surface area contributed by atoms with Gasteiger partial charge in [-0.25, -0.2) is 8.42 Å². The van der Waals surface area contributed by atoms with Crippen molar-refractivity contribution in [3.63, 3.8) is 0 Å². The maximum atomic E-state index is 12.0. The highest BCUT2D eigenvalue weighted by Crippen LogP contribution is 2.16. The van der Waals surface area contributed by atoms with Crippen LogP contribution in [0.1, 0.15) is 32.8 Å². The fourth-order valence-electron chi connectivity index (χ4n) is 1.98. The Morgan fingerprint density at radius 3 is 2.17 bits per heavy atom. The highest BCUT2D eigenvalue weighted by molar-refractivity contribution is 7.92. The minimum Gasteiger partial charge on any atom is -0.481 e. The van der Waals surface area contributed by atoms with E-state index < -0.39 is 21.1 Å². The lowest BCUT2D eigenvalue weighted by Gasteiger charge is -2.11. The first-order valence-electron chi connectivity index (χ1n) is 7.44. The number of nitrogens with one attached hydrogen (secondary N) is 1. The molecular weight excluding hydrogens is 318 g/mol. The molecule has 0 spiro atoms. The number of sulfone groups is 1. The van der Waals surface area contributed by atoms with Crippen molar-refractivity contribution in [2.45, 2.75) is 43.8 Å². The van der Waals surface area contributed by atoms with Gasteiger partial charge in [-0.15, -0.1) is 0 Å². The van der Waals surface area contributed by atoms with E-state index in [4.69, 9.17) is 5.11 Å². The highest BCUT2D eigenvalue weighted by atomic mass is 32.2. The van der Waals surface area contributed by atoms with Crippen LogP contribution in [0.5, 0.6) is 0 Å². The average molecular weight is 341 g/mol. The van der Waals surface area contributed by atoms with E-state index in [0.717, 1.165) is 0 Å². The molecule has 1 rings (SSSR count). The summed E-state index contributed by atoms with van der Waals surface area (Å²) in [5.74, 6) is -1.26. The van der Waals surface area contributed by atoms with Crippen LogP contribution in [0.4, 0.5) is 0 Å². The molecule has 6 nitrogen and oxygen atoms in total. The summed E-state index contributed by atoms with van der Waals surface area (Å²) in [5.41, 5.74) is 0.705. The molecule has 0 bridgehead atoms. The van der Waals surface area contributed by atoms with Gasteiger partial charge in [0.15, 0.2) is 9.84 Å². The second kappa shape index (κ2) is 8.10. The fourth-order valence-corrected chi connectivity index (χ4v) is 3.04. The molecule has 0 fully saturated rings. The SMILES string of the molecule is CC(CNC(=O)Cc1ccc(S(=O)(=O)C(C)C)cc1)CC(=O)O. The number of carbonyl (C=O) groups is 2. The monoisotopic (exact) mass is 341 g/mol. The third kappa shape index (κ3) is 6.02. The Morgan fingerprint density at radius 2 is 1.70 bits per heavy atom. The van der Waals surface area contributed by atoms with Gasteiger partial charge in [0.1, 0.15) is 0 Å². The third-order valence-corrected chi connectivity index (χ3v) is 5.58. The summed E-state index contributed by atoms with van der Waals surface area (Å²) >= 11 is 0. The van der Waals surface area contributed by atoms with Crippen LogP contribution >= 0.6 is 0 Å². The Morgan fingerprint density at radius 1 is 1.13 bits per heavy atom. The maximum Gasteiger partial charge on any atom is 0.303 e. The van der Waals surface area contributed by atoms with Crippen molar-refractivity contribution in [1.82, 2.24) is 5.32 Å². The first kappa shape index (κ1) is 19.2. The molecule has 0 aliphatic heterocycles. The zero-order valence-electron chi connectivity index (χ0n) is 13.6. The molecule has 1 unspecified atom stereocenters. The molecule has 0 radical (unpaired) electrons. The Balaban J connectivity index is 2.58. The maximum absolute atomic E-state index is 12.0. The molecule has 1 aromatic carbocycles. The number of carboxylic acids is 1. The van der Waals surface area contributed by atoms with E-state index in [1.807, 2.05) is 0 Å². The molecule has 1 atom stereocenters. The van der Waals surface area contributed by atoms with Crippen molar-refractivity contribution in [1.29, 1.82) is 0 Å². The van der Waals surface area contributed by atoms with Crippen molar-refractivity contribution in [2.24, 2.45) is 5.92 Å². The normalized spacial score (nSPS) is 12.9. The van der Waals surface area contributed by atoms with Gasteiger partial charge in [-0.2, -0.15) is 0 Å². The van der Waals surface area contributed by atoms with Crippen LogP contribution in [0.2, 0.25) is 0 Å². The summed E-state index contributed by atoms with van der Waals surface area (Å²) in [6.07, 6.45) is 0.129. The van der Waals surface area contributed by atoms with E-state index in [-0.39, 0.29) is 29.6 Å². The summed E-state index contributed by atoms with van der Waals surface area (Å²) in [7, 11) is -3.31. The Kier molecular flexibility index (Phi) is 6.75. The van der Waals surface area contributed by atoms with Crippen molar-refractivity contribution in [2.75, 3.05) is 6.54 Å². The topological polar surface area (TPSA) is 101 Å². The zero-order chi connectivity index (χ0) is 17.6. The molecule has 128 valence electrons. The van der Waals surface area contributed by atoms with Crippen molar-refractivity contribution in [3.8, 4) is 0 Å². The summed E-state index contributed by atoms with van der Waals surface area (Å²) in [5, 5.41) is 10.8. The van der Waals surface area contributed by atoms with Crippen molar-refractivity contribution in [3.05, 3.63) is 29.8 Å². The first-order valence-corrected chi connectivity index (χ1v) is 8.99. The molecule has 23 heavy (non-hydrogen) atoms. The third-order valence-electron chi connectivity index (χ3n) is 3.41. The van der Waals surface area contributed by atoms with Gasteiger partial charge in [0.05, 0.1) is 16.6 Å². The molecule has 0 aliphatic rings. The van der Waals surface area contributed by atoms with E-state index >= 15 is 0 Å². The fraction of sp³-hybridized carbons (Fsp3) is 0.500. The molecule has 1 amide bonds. The van der Waals surface area contributed by atoms with E-state index in [2.05, 4.69) is 5.32 Å². The first-order chi connectivity index (χ1) is 10.6. The van der Waals surface area contributed by atoms with Gasteiger partial charge in [-0.05, 0) is 37.5 Å². The van der Waals surface area contributed by atoms with Crippen LogP contribution < -0.4 is 5.32 Å². The minimum atomic E-state index is -3.31. The molecule has 0 saturated carbocycles. The van der Waals surface area contributed by atoms with Crippen LogP contribution in [-0.4, -0.2) is 37.2 Å². The Labute approximate surface area is 136 Å². The smallest absolute Gasteiger partial charge is 0.303 e. The van der Waals surface area contributed by atoms with Gasteiger partial charge in [-0.1, -0.05) is 19.1 Å². The molecule has 2 N–H and O–H groups in total. The van der Waals surface area contributed by atoms with E-state index in [1.165, 1.54) is 12.1 Å². The predicted molar refractivity (Wildman–Crippen MR) is 86.9 cm³/mol. The molecular formula is C16H23NO5S. The summed E-state index contributed by atoms with van der Waals surface area (Å²) < 4.78 is 24.0. The van der Waals surface area contributed by atoms with Crippen LogP contribution in [-0.2, 0) is 25.8 Å². The van der Waals surface area contributed by atoms with Crippen molar-refractivity contribution < 1.29 is 23.1 Å². The Bertz CT molecular complexity index is 650. The number of benzene rings is 1. The molecule has 0 aromatic heterocycles. The number of carboxylic acid groups (broad SMARTS) is 1. The predicted octanol–water partition coefficient (Wildman–Crippen LogP) is 1.64. The lowest BCUT2D eigenvalue weighted by molar-refractivity contribution is -0.138. The Hall–Kier alpha value is -1.89. The van der Waals surface area contributed by atoms with Crippen LogP contribution in [0.25, 0.3) is 0 Å². The van der Waals surface area contributed by atoms with Crippen LogP contribution in [0.3, 0.4) is 0 Å². The molecule has 0 heterocycles. The van der Waals surface area contributed by atoms with Gasteiger partial charge in [0, 0.05) is 13.0 Å². The van der Waals surface area contributed by atoms with Crippen molar-refractivity contribution >= 4 is 21.7 Å². The number of aliphatic carboxylic acids is 1. The second-order valence-corrected chi connectivity index (χ2v) is 8.43. The number of carbonyl (C=O) groups excluding carboxylic acids is 1. The van der Waals surface area contributed by atoms with Gasteiger partial charge in [0.2, 0.25) is 5.91 Å². The van der Waals surface area contributed by atoms with Gasteiger partial charge < -0.3 is 10.4 Å². The van der Waals surface area contributed by atoms with E-state index in [9.17, 15) is 18.0 Å². The van der Waals surface area contributed by atoms with Crippen LogP contribution in [0.15, 0.2) is 29.2 Å². The second-order valence-electron chi connectivity index (χ2n) is 5.92. The van der Waals surface area contributed by atoms with Gasteiger partial charge >= 0.3 is 5.97 Å². The van der Waals surface area contributed by atoms with Gasteiger partial charge in [0.25, 0.3) is 0 Å². The minimum absolute atomic E-state index is 0.00202. The van der Waals surface area contributed by atoms with Gasteiger partial charge in [-0.3, -0.25) is 9.59 Å². The number of rotatable bonds is 8. The van der Waals surface area contributed by atoms with Crippen LogP contribution in [0, 0.1) is 5.92 Å². The lowest BCUT2D eigenvalue weighted by Crippen LogP contribution is -2.30. The standard InChI is InChI=1S/C16H23NO5S/c1-11(2)23(21,22)14-6-4-13(5-7-14)9-15(18)17-10-12(3)8-16(19)20/h4-7,11-12H,8-10H2,1-3H3,(H,17,18)(H,19,20). The molecule has 1 aromatic rings.